The van der Waals surface area contributed by atoms with E-state index in [1.807, 2.05) is 29.2 Å². The first-order valence-electron chi connectivity index (χ1n) is 8.09. The van der Waals surface area contributed by atoms with Crippen molar-refractivity contribution in [3.05, 3.63) is 34.9 Å². The second-order valence-electron chi connectivity index (χ2n) is 6.28. The fourth-order valence-corrected chi connectivity index (χ4v) is 3.86. The number of benzene rings is 1. The smallest absolute Gasteiger partial charge is 0.222 e. The molecule has 4 nitrogen and oxygen atoms in total. The van der Waals surface area contributed by atoms with Gasteiger partial charge >= 0.3 is 0 Å². The Kier molecular flexibility index (Phi) is 5.01. The molecule has 0 saturated carbocycles. The highest BCUT2D eigenvalue weighted by atomic mass is 35.5. The third-order valence-electron chi connectivity index (χ3n) is 4.73. The Morgan fingerprint density at radius 2 is 2.09 bits per heavy atom. The van der Waals surface area contributed by atoms with Crippen LogP contribution in [0.5, 0.6) is 0 Å². The van der Waals surface area contributed by atoms with Gasteiger partial charge in [0.25, 0.3) is 0 Å². The first-order chi connectivity index (χ1) is 10.6. The van der Waals surface area contributed by atoms with Crippen molar-refractivity contribution in [2.24, 2.45) is 0 Å². The molecule has 2 aliphatic rings. The Labute approximate surface area is 136 Å². The van der Waals surface area contributed by atoms with Gasteiger partial charge in [-0.15, -0.1) is 0 Å². The van der Waals surface area contributed by atoms with Gasteiger partial charge in [0.2, 0.25) is 5.91 Å². The molecule has 3 rings (SSSR count). The monoisotopic (exact) mass is 322 g/mol. The molecule has 2 aliphatic heterocycles. The lowest BCUT2D eigenvalue weighted by Gasteiger charge is -2.38. The molecule has 0 radical (unpaired) electrons. The number of β-amino-alcohol motifs (C(OH)–C–C–N with tert-alkyl or cyclic N) is 1. The highest BCUT2D eigenvalue weighted by Crippen LogP contribution is 2.26. The lowest BCUT2D eigenvalue weighted by atomic mass is 10.0. The summed E-state index contributed by atoms with van der Waals surface area (Å²) in [7, 11) is 0. The molecule has 22 heavy (non-hydrogen) atoms. The molecular weight excluding hydrogens is 300 g/mol. The first kappa shape index (κ1) is 15.8. The van der Waals surface area contributed by atoms with Gasteiger partial charge in [-0.2, -0.15) is 0 Å². The highest BCUT2D eigenvalue weighted by molar-refractivity contribution is 6.31. The van der Waals surface area contributed by atoms with E-state index in [0.717, 1.165) is 44.5 Å². The summed E-state index contributed by atoms with van der Waals surface area (Å²) in [5.74, 6) is 0.290. The van der Waals surface area contributed by atoms with Crippen molar-refractivity contribution in [2.75, 3.05) is 26.2 Å². The molecule has 2 heterocycles. The minimum absolute atomic E-state index is 0.290. The molecule has 1 amide bonds. The van der Waals surface area contributed by atoms with Crippen molar-refractivity contribution in [3.8, 4) is 0 Å². The van der Waals surface area contributed by atoms with Gasteiger partial charge in [0.15, 0.2) is 0 Å². The Morgan fingerprint density at radius 1 is 1.27 bits per heavy atom. The average molecular weight is 323 g/mol. The molecule has 2 saturated heterocycles. The molecule has 2 fully saturated rings. The zero-order chi connectivity index (χ0) is 15.5. The summed E-state index contributed by atoms with van der Waals surface area (Å²) in [5, 5.41) is 11.1. The maximum Gasteiger partial charge on any atom is 0.222 e. The van der Waals surface area contributed by atoms with E-state index in [1.165, 1.54) is 0 Å². The third kappa shape index (κ3) is 3.45. The van der Waals surface area contributed by atoms with E-state index in [1.54, 1.807) is 0 Å². The van der Waals surface area contributed by atoms with Gasteiger partial charge in [-0.3, -0.25) is 9.69 Å². The van der Waals surface area contributed by atoms with E-state index in [9.17, 15) is 9.90 Å². The molecular formula is C17H23ClN2O2. The molecule has 0 spiro atoms. The van der Waals surface area contributed by atoms with Crippen molar-refractivity contribution >= 4 is 17.5 Å². The normalized spacial score (nSPS) is 24.7. The predicted molar refractivity (Wildman–Crippen MR) is 86.8 cm³/mol. The summed E-state index contributed by atoms with van der Waals surface area (Å²) in [6.07, 6.45) is 3.24. The summed E-state index contributed by atoms with van der Waals surface area (Å²) in [4.78, 5) is 16.2. The Balaban J connectivity index is 1.60. The van der Waals surface area contributed by atoms with Crippen LogP contribution in [0.4, 0.5) is 0 Å². The standard InChI is InChI=1S/C17H23ClN2O2/c18-15-7-2-1-6-14(15)16(21)12-19-9-3-5-13(11-19)20-10-4-8-17(20)22/h1-2,6-7,13,16,21H,3-5,8-12H2. The van der Waals surface area contributed by atoms with E-state index in [4.69, 9.17) is 11.6 Å². The summed E-state index contributed by atoms with van der Waals surface area (Å²) in [6.45, 7) is 3.29. The summed E-state index contributed by atoms with van der Waals surface area (Å²) in [5.41, 5.74) is 0.781. The lowest BCUT2D eigenvalue weighted by Crippen LogP contribution is -2.49. The molecule has 2 unspecified atom stereocenters. The van der Waals surface area contributed by atoms with E-state index >= 15 is 0 Å². The van der Waals surface area contributed by atoms with Gasteiger partial charge in [0.05, 0.1) is 6.10 Å². The minimum Gasteiger partial charge on any atom is -0.387 e. The zero-order valence-corrected chi connectivity index (χ0v) is 13.5. The van der Waals surface area contributed by atoms with Crippen LogP contribution in [0.1, 0.15) is 37.4 Å². The molecule has 0 aromatic heterocycles. The number of halogens is 1. The van der Waals surface area contributed by atoms with Crippen LogP contribution in [0.3, 0.4) is 0 Å². The van der Waals surface area contributed by atoms with Crippen LogP contribution >= 0.6 is 11.6 Å². The molecule has 0 aliphatic carbocycles. The molecule has 0 bridgehead atoms. The number of aliphatic hydroxyl groups is 1. The number of nitrogens with zero attached hydrogens (tertiary/aromatic N) is 2. The Hall–Kier alpha value is -1.10. The van der Waals surface area contributed by atoms with Crippen LogP contribution in [0.15, 0.2) is 24.3 Å². The van der Waals surface area contributed by atoms with E-state index < -0.39 is 6.10 Å². The van der Waals surface area contributed by atoms with Crippen LogP contribution in [0.2, 0.25) is 5.02 Å². The predicted octanol–water partition coefficient (Wildman–Crippen LogP) is 2.46. The first-order valence-corrected chi connectivity index (χ1v) is 8.47. The van der Waals surface area contributed by atoms with E-state index in [0.29, 0.717) is 29.9 Å². The second-order valence-corrected chi connectivity index (χ2v) is 6.69. The number of likely N-dealkylation sites (tertiary alicyclic amines) is 2. The Morgan fingerprint density at radius 3 is 2.82 bits per heavy atom. The topological polar surface area (TPSA) is 43.8 Å². The van der Waals surface area contributed by atoms with E-state index in [-0.39, 0.29) is 0 Å². The third-order valence-corrected chi connectivity index (χ3v) is 5.07. The number of rotatable bonds is 4. The SMILES string of the molecule is O=C1CCCN1C1CCCN(CC(O)c2ccccc2Cl)C1. The number of piperidine rings is 1. The van der Waals surface area contributed by atoms with Crippen LogP contribution in [-0.4, -0.2) is 53.0 Å². The van der Waals surface area contributed by atoms with Gasteiger partial charge in [-0.05, 0) is 31.9 Å². The zero-order valence-electron chi connectivity index (χ0n) is 12.7. The van der Waals surface area contributed by atoms with Crippen molar-refractivity contribution in [3.63, 3.8) is 0 Å². The fraction of sp³-hybridized carbons (Fsp3) is 0.588. The molecule has 1 aromatic rings. The quantitative estimate of drug-likeness (QED) is 0.926. The number of aliphatic hydroxyl groups excluding tert-OH is 1. The van der Waals surface area contributed by atoms with Gasteiger partial charge in [0, 0.05) is 42.7 Å². The Bertz CT molecular complexity index is 537. The van der Waals surface area contributed by atoms with Crippen molar-refractivity contribution in [2.45, 2.75) is 37.8 Å². The minimum atomic E-state index is -0.582. The summed E-state index contributed by atoms with van der Waals surface area (Å²) in [6, 6.07) is 7.75. The number of hydrogen-bond acceptors (Lipinski definition) is 3. The maximum absolute atomic E-state index is 11.9. The van der Waals surface area contributed by atoms with Gasteiger partial charge in [0.1, 0.15) is 0 Å². The molecule has 1 aromatic carbocycles. The number of carbonyl (C=O) groups is 1. The molecule has 120 valence electrons. The van der Waals surface area contributed by atoms with Crippen LogP contribution in [-0.2, 0) is 4.79 Å². The van der Waals surface area contributed by atoms with Crippen molar-refractivity contribution < 1.29 is 9.90 Å². The maximum atomic E-state index is 11.9. The van der Waals surface area contributed by atoms with Crippen LogP contribution in [0.25, 0.3) is 0 Å². The second kappa shape index (κ2) is 6.99. The van der Waals surface area contributed by atoms with Crippen molar-refractivity contribution in [1.29, 1.82) is 0 Å². The summed E-state index contributed by atoms with van der Waals surface area (Å²) < 4.78 is 0. The van der Waals surface area contributed by atoms with Crippen molar-refractivity contribution in [1.82, 2.24) is 9.80 Å². The lowest BCUT2D eigenvalue weighted by molar-refractivity contribution is -0.130. The summed E-state index contributed by atoms with van der Waals surface area (Å²) >= 11 is 6.16. The number of amides is 1. The molecule has 1 N–H and O–H groups in total. The van der Waals surface area contributed by atoms with Gasteiger partial charge in [-0.1, -0.05) is 29.8 Å². The highest BCUT2D eigenvalue weighted by Gasteiger charge is 2.31. The number of carbonyl (C=O) groups excluding carboxylic acids is 1. The van der Waals surface area contributed by atoms with Gasteiger partial charge in [-0.25, -0.2) is 0 Å². The largest absolute Gasteiger partial charge is 0.387 e. The number of hydrogen-bond donors (Lipinski definition) is 1. The molecule has 2 atom stereocenters. The fourth-order valence-electron chi connectivity index (χ4n) is 3.59. The van der Waals surface area contributed by atoms with E-state index in [2.05, 4.69) is 4.90 Å². The average Bonchev–Trinajstić information content (AvgIpc) is 2.94. The molecule has 5 heteroatoms. The van der Waals surface area contributed by atoms with Crippen LogP contribution < -0.4 is 0 Å². The van der Waals surface area contributed by atoms with Gasteiger partial charge < -0.3 is 10.0 Å². The van der Waals surface area contributed by atoms with Crippen LogP contribution in [0, 0.1) is 0 Å².